The van der Waals surface area contributed by atoms with Crippen LogP contribution in [0.15, 0.2) is 11.8 Å². The maximum absolute atomic E-state index is 11.2. The van der Waals surface area contributed by atoms with E-state index in [0.717, 1.165) is 19.3 Å². The van der Waals surface area contributed by atoms with Crippen LogP contribution in [0.2, 0.25) is 0 Å². The molecule has 5 nitrogen and oxygen atoms in total. The largest absolute Gasteiger partial charge is 0.479 e. The molecular formula is C25H48O5. The van der Waals surface area contributed by atoms with Gasteiger partial charge >= 0.3 is 11.9 Å². The van der Waals surface area contributed by atoms with Crippen molar-refractivity contribution >= 4 is 11.9 Å². The van der Waals surface area contributed by atoms with Crippen LogP contribution in [-0.4, -0.2) is 28.3 Å². The standard InChI is InChI=1S/C21H38O5.C4H10/c1-3-4-5-6-7-8-9-10-11-12-13-14-15-16-17-18(2)26-21(25)19(22)20(23)24;1-3-4-2/h17,19,22H,3-16H2,1-2H3,(H,23,24);3-4H2,1-2H3/b18-17-;. The van der Waals surface area contributed by atoms with Crippen LogP contribution in [0, 0.1) is 0 Å². The number of esters is 1. The molecule has 0 aliphatic carbocycles. The summed E-state index contributed by atoms with van der Waals surface area (Å²) in [6.45, 7) is 8.20. The molecule has 0 aliphatic heterocycles. The summed E-state index contributed by atoms with van der Waals surface area (Å²) in [6.07, 6.45) is 20.0. The predicted octanol–water partition coefficient (Wildman–Crippen LogP) is 7.17. The first kappa shape index (κ1) is 30.8. The first-order chi connectivity index (χ1) is 14.4. The van der Waals surface area contributed by atoms with Crippen LogP contribution >= 0.6 is 0 Å². The normalized spacial score (nSPS) is 12.1. The van der Waals surface area contributed by atoms with Crippen LogP contribution < -0.4 is 0 Å². The summed E-state index contributed by atoms with van der Waals surface area (Å²) in [4.78, 5) is 21.7. The predicted molar refractivity (Wildman–Crippen MR) is 124 cm³/mol. The summed E-state index contributed by atoms with van der Waals surface area (Å²) >= 11 is 0. The van der Waals surface area contributed by atoms with Gasteiger partial charge in [-0.3, -0.25) is 0 Å². The quantitative estimate of drug-likeness (QED) is 0.105. The number of hydrogen-bond donors (Lipinski definition) is 2. The molecule has 0 aliphatic rings. The Morgan fingerprint density at radius 1 is 0.733 bits per heavy atom. The van der Waals surface area contributed by atoms with Crippen LogP contribution in [0.4, 0.5) is 0 Å². The first-order valence-electron chi connectivity index (χ1n) is 12.2. The van der Waals surface area contributed by atoms with Gasteiger partial charge < -0.3 is 14.9 Å². The molecule has 0 aromatic carbocycles. The second kappa shape index (κ2) is 23.9. The molecule has 0 aromatic heterocycles. The van der Waals surface area contributed by atoms with Gasteiger partial charge in [-0.1, -0.05) is 111 Å². The molecule has 0 bridgehead atoms. The average Bonchev–Trinajstić information content (AvgIpc) is 2.73. The molecule has 0 heterocycles. The van der Waals surface area contributed by atoms with E-state index in [2.05, 4.69) is 20.8 Å². The average molecular weight is 429 g/mol. The molecule has 0 rings (SSSR count). The summed E-state index contributed by atoms with van der Waals surface area (Å²) in [5.74, 6) is -2.40. The van der Waals surface area contributed by atoms with Crippen molar-refractivity contribution in [3.63, 3.8) is 0 Å². The van der Waals surface area contributed by atoms with E-state index in [1.165, 1.54) is 83.5 Å². The summed E-state index contributed by atoms with van der Waals surface area (Å²) in [7, 11) is 0. The fraction of sp³-hybridized carbons (Fsp3) is 0.840. The summed E-state index contributed by atoms with van der Waals surface area (Å²) in [5.41, 5.74) is 0. The minimum absolute atomic E-state index is 0.342. The van der Waals surface area contributed by atoms with Crippen LogP contribution in [-0.2, 0) is 14.3 Å². The lowest BCUT2D eigenvalue weighted by Crippen LogP contribution is -2.30. The zero-order chi connectivity index (χ0) is 23.0. The summed E-state index contributed by atoms with van der Waals surface area (Å²) in [5, 5.41) is 17.5. The molecule has 0 spiro atoms. The number of unbranched alkanes of at least 4 members (excludes halogenated alkanes) is 14. The molecule has 0 amide bonds. The number of aliphatic hydroxyl groups excluding tert-OH is 1. The molecule has 178 valence electrons. The Morgan fingerprint density at radius 2 is 1.13 bits per heavy atom. The fourth-order valence-corrected chi connectivity index (χ4v) is 2.82. The zero-order valence-corrected chi connectivity index (χ0v) is 20.1. The third kappa shape index (κ3) is 22.9. The number of carboxylic acids is 1. The SMILES string of the molecule is CCCC.CCCCCCCCCCCCCCC/C=C(/C)OC(=O)C(O)C(=O)O. The van der Waals surface area contributed by atoms with Crippen molar-refractivity contribution in [2.24, 2.45) is 0 Å². The third-order valence-corrected chi connectivity index (χ3v) is 4.96. The number of ether oxygens (including phenoxy) is 1. The number of carbonyl (C=O) groups is 2. The molecule has 0 saturated carbocycles. The van der Waals surface area contributed by atoms with Gasteiger partial charge in [0.25, 0.3) is 0 Å². The minimum Gasteiger partial charge on any atom is -0.479 e. The molecule has 2 N–H and O–H groups in total. The van der Waals surface area contributed by atoms with Gasteiger partial charge in [0.15, 0.2) is 0 Å². The van der Waals surface area contributed by atoms with E-state index in [9.17, 15) is 9.59 Å². The van der Waals surface area contributed by atoms with E-state index in [0.29, 0.717) is 5.76 Å². The van der Waals surface area contributed by atoms with E-state index in [1.807, 2.05) is 0 Å². The molecule has 5 heteroatoms. The van der Waals surface area contributed by atoms with Crippen molar-refractivity contribution in [1.29, 1.82) is 0 Å². The van der Waals surface area contributed by atoms with Crippen LogP contribution in [0.5, 0.6) is 0 Å². The van der Waals surface area contributed by atoms with Crippen molar-refractivity contribution in [3.8, 4) is 0 Å². The maximum Gasteiger partial charge on any atom is 0.351 e. The highest BCUT2D eigenvalue weighted by atomic mass is 16.6. The monoisotopic (exact) mass is 428 g/mol. The van der Waals surface area contributed by atoms with Gasteiger partial charge in [-0.25, -0.2) is 9.59 Å². The van der Waals surface area contributed by atoms with Gasteiger partial charge in [-0.15, -0.1) is 0 Å². The number of aliphatic hydroxyl groups is 1. The van der Waals surface area contributed by atoms with Crippen molar-refractivity contribution in [2.45, 2.75) is 137 Å². The summed E-state index contributed by atoms with van der Waals surface area (Å²) in [6, 6.07) is 0. The Balaban J connectivity index is 0. The van der Waals surface area contributed by atoms with Crippen LogP contribution in [0.25, 0.3) is 0 Å². The number of aliphatic carboxylic acids is 1. The fourth-order valence-electron chi connectivity index (χ4n) is 2.82. The number of allylic oxidation sites excluding steroid dienone is 2. The first-order valence-corrected chi connectivity index (χ1v) is 12.2. The van der Waals surface area contributed by atoms with Crippen LogP contribution in [0.1, 0.15) is 130 Å². The van der Waals surface area contributed by atoms with E-state index in [4.69, 9.17) is 14.9 Å². The topological polar surface area (TPSA) is 83.8 Å². The Bertz CT molecular complexity index is 429. The second-order valence-electron chi connectivity index (χ2n) is 8.01. The lowest BCUT2D eigenvalue weighted by atomic mass is 10.0. The molecule has 0 fully saturated rings. The van der Waals surface area contributed by atoms with Crippen molar-refractivity contribution < 1.29 is 24.5 Å². The Kier molecular flexibility index (Phi) is 24.6. The van der Waals surface area contributed by atoms with Gasteiger partial charge in [-0.2, -0.15) is 0 Å². The molecule has 0 saturated heterocycles. The number of hydrogen-bond acceptors (Lipinski definition) is 4. The Morgan fingerprint density at radius 3 is 1.50 bits per heavy atom. The number of rotatable bonds is 18. The van der Waals surface area contributed by atoms with Gasteiger partial charge in [0.2, 0.25) is 6.10 Å². The highest BCUT2D eigenvalue weighted by Crippen LogP contribution is 2.13. The Hall–Kier alpha value is -1.36. The second-order valence-corrected chi connectivity index (χ2v) is 8.01. The van der Waals surface area contributed by atoms with Crippen LogP contribution in [0.3, 0.4) is 0 Å². The van der Waals surface area contributed by atoms with E-state index < -0.39 is 18.0 Å². The molecule has 1 atom stereocenters. The van der Waals surface area contributed by atoms with Gasteiger partial charge in [0, 0.05) is 0 Å². The van der Waals surface area contributed by atoms with Crippen molar-refractivity contribution in [3.05, 3.63) is 11.8 Å². The molecule has 0 radical (unpaired) electrons. The van der Waals surface area contributed by atoms with Gasteiger partial charge in [0.05, 0.1) is 0 Å². The van der Waals surface area contributed by atoms with E-state index >= 15 is 0 Å². The van der Waals surface area contributed by atoms with Crippen molar-refractivity contribution in [2.75, 3.05) is 0 Å². The number of carboxylic acid groups (broad SMARTS) is 1. The smallest absolute Gasteiger partial charge is 0.351 e. The highest BCUT2D eigenvalue weighted by molar-refractivity contribution is 5.96. The lowest BCUT2D eigenvalue weighted by molar-refractivity contribution is -0.162. The number of carbonyl (C=O) groups excluding carboxylic acids is 1. The lowest BCUT2D eigenvalue weighted by Gasteiger charge is -2.06. The van der Waals surface area contributed by atoms with Gasteiger partial charge in [0.1, 0.15) is 5.76 Å². The summed E-state index contributed by atoms with van der Waals surface area (Å²) < 4.78 is 4.78. The molecule has 0 aromatic rings. The van der Waals surface area contributed by atoms with Gasteiger partial charge in [-0.05, 0) is 25.8 Å². The van der Waals surface area contributed by atoms with Crippen molar-refractivity contribution in [1.82, 2.24) is 0 Å². The maximum atomic E-state index is 11.2. The zero-order valence-electron chi connectivity index (χ0n) is 20.1. The highest BCUT2D eigenvalue weighted by Gasteiger charge is 2.24. The van der Waals surface area contributed by atoms with E-state index in [1.54, 1.807) is 13.0 Å². The van der Waals surface area contributed by atoms with E-state index in [-0.39, 0.29) is 0 Å². The third-order valence-electron chi connectivity index (χ3n) is 4.96. The molecular weight excluding hydrogens is 380 g/mol. The molecule has 30 heavy (non-hydrogen) atoms. The Labute approximate surface area is 185 Å². The minimum atomic E-state index is -2.12. The molecule has 1 unspecified atom stereocenters.